The van der Waals surface area contributed by atoms with Crippen LogP contribution in [0.2, 0.25) is 13.1 Å². The van der Waals surface area contributed by atoms with Crippen molar-refractivity contribution in [2.45, 2.75) is 46.7 Å². The van der Waals surface area contributed by atoms with E-state index in [2.05, 4.69) is 125 Å². The Morgan fingerprint density at radius 1 is 0.842 bits per heavy atom. The second kappa shape index (κ2) is 15.7. The van der Waals surface area contributed by atoms with Crippen molar-refractivity contribution < 1.29 is 20.8 Å². The van der Waals surface area contributed by atoms with E-state index in [1.54, 1.807) is 0 Å². The zero-order valence-corrected chi connectivity index (χ0v) is 27.8. The summed E-state index contributed by atoms with van der Waals surface area (Å²) < 4.78 is 0. The summed E-state index contributed by atoms with van der Waals surface area (Å²) in [7, 11) is 11.0. The fraction of sp³-hybridized carbons (Fsp3) is 0.206. The van der Waals surface area contributed by atoms with Crippen molar-refractivity contribution in [1.82, 2.24) is 0 Å². The Kier molecular flexibility index (Phi) is 12.7. The van der Waals surface area contributed by atoms with E-state index in [-0.39, 0.29) is 0 Å². The molecule has 0 aliphatic heterocycles. The first kappa shape index (κ1) is 30.7. The molecule has 5 aromatic rings. The van der Waals surface area contributed by atoms with Gasteiger partial charge in [-0.1, -0.05) is 85.2 Å². The molecule has 6 rings (SSSR count). The van der Waals surface area contributed by atoms with E-state index in [1.165, 1.54) is 60.8 Å². The molecule has 1 aliphatic rings. The number of rotatable bonds is 2. The van der Waals surface area contributed by atoms with E-state index in [1.807, 2.05) is 6.07 Å². The third kappa shape index (κ3) is 7.64. The van der Waals surface area contributed by atoms with Crippen molar-refractivity contribution in [3.63, 3.8) is 0 Å². The number of benzene rings is 4. The normalized spacial score (nSPS) is 10.5. The fourth-order valence-corrected chi connectivity index (χ4v) is 4.78. The Labute approximate surface area is 250 Å². The van der Waals surface area contributed by atoms with Gasteiger partial charge in [0.25, 0.3) is 0 Å². The number of halogens is 2. The number of hydrogen-bond acceptors (Lipinski definition) is 0. The number of fused-ring (bicyclic) bond motifs is 4. The minimum atomic E-state index is -0.826. The second-order valence-electron chi connectivity index (χ2n) is 9.24. The zero-order chi connectivity index (χ0) is 27.5. The third-order valence-corrected chi connectivity index (χ3v) is 6.73. The quantitative estimate of drug-likeness (QED) is 0.132. The molecule has 4 heteroatoms. The maximum absolute atomic E-state index is 4.93. The molecule has 0 unspecified atom stereocenters. The summed E-state index contributed by atoms with van der Waals surface area (Å²) >= 11 is -0.826. The number of aryl methyl sites for hydroxylation is 2. The molecule has 0 N–H and O–H groups in total. The minimum absolute atomic E-state index is 0.826. The van der Waals surface area contributed by atoms with Crippen LogP contribution in [0.25, 0.3) is 33.0 Å². The Balaban J connectivity index is 0.000000182. The standard InChI is InChI=1S/C19H19.C13H9.C2H6Si.2ClH.Zr/c1-4-15-11-16-8-6-10-18(19(16)12-15)17-9-5-7-13(2)14(17)3;1-3-7-12-10(5-1)9-11-6-2-4-8-13(11)12;1-3-2;;;/h5-12H,4H2,1-3H3;1-5,7-8H,9H2;1-2H3;2*1H;/q2*-1;;;;+4/p-2. The smallest absolute Gasteiger partial charge is 0.0253 e. The molecule has 0 nitrogen and oxygen atoms in total. The Hall–Kier alpha value is -1.83. The molecular formula is C34H34Cl2SiZr. The maximum Gasteiger partial charge on any atom is -0.0253 e. The van der Waals surface area contributed by atoms with Crippen LogP contribution >= 0.6 is 17.0 Å². The summed E-state index contributed by atoms with van der Waals surface area (Å²) in [4.78, 5) is 0. The first-order chi connectivity index (χ1) is 18.5. The van der Waals surface area contributed by atoms with Crippen LogP contribution < -0.4 is 0 Å². The van der Waals surface area contributed by atoms with Crippen molar-refractivity contribution in [2.24, 2.45) is 0 Å². The molecule has 38 heavy (non-hydrogen) atoms. The molecule has 0 spiro atoms. The van der Waals surface area contributed by atoms with Crippen LogP contribution in [0, 0.1) is 19.9 Å². The van der Waals surface area contributed by atoms with Gasteiger partial charge < -0.3 is 0 Å². The van der Waals surface area contributed by atoms with Crippen molar-refractivity contribution >= 4 is 37.3 Å². The molecule has 0 bridgehead atoms. The molecule has 0 aromatic heterocycles. The Morgan fingerprint density at radius 2 is 1.47 bits per heavy atom. The van der Waals surface area contributed by atoms with Crippen LogP contribution in [0.3, 0.4) is 0 Å². The van der Waals surface area contributed by atoms with Gasteiger partial charge in [-0.2, -0.15) is 35.9 Å². The van der Waals surface area contributed by atoms with E-state index in [9.17, 15) is 0 Å². The van der Waals surface area contributed by atoms with Gasteiger partial charge in [-0.05, 0) is 43.4 Å². The molecule has 0 heterocycles. The monoisotopic (exact) mass is 630 g/mol. The molecule has 5 aromatic carbocycles. The molecule has 0 atom stereocenters. The predicted molar refractivity (Wildman–Crippen MR) is 167 cm³/mol. The van der Waals surface area contributed by atoms with Crippen LogP contribution in [0.4, 0.5) is 0 Å². The van der Waals surface area contributed by atoms with Crippen LogP contribution in [0.15, 0.2) is 91.0 Å². The first-order valence-electron chi connectivity index (χ1n) is 12.9. The molecule has 1 aliphatic carbocycles. The minimum Gasteiger partial charge on any atom is -0.179 e. The van der Waals surface area contributed by atoms with Gasteiger partial charge in [-0.25, -0.2) is 0 Å². The number of hydrogen-bond donors (Lipinski definition) is 0. The molecule has 0 saturated heterocycles. The fourth-order valence-electron chi connectivity index (χ4n) is 4.78. The second-order valence-corrected chi connectivity index (χ2v) is 14.0. The molecule has 192 valence electrons. The summed E-state index contributed by atoms with van der Waals surface area (Å²) in [6.45, 7) is 10.9. The SMILES string of the molecule is CCc1cc2c(-c3cccc(C)c3C)cccc2[cH-]1.C[Si]C.[Cl][Zr+2][Cl].[c-]1cccc2c1Cc1ccccc1-2. The maximum atomic E-state index is 4.93. The summed E-state index contributed by atoms with van der Waals surface area (Å²) in [5.41, 5.74) is 12.4. The van der Waals surface area contributed by atoms with Gasteiger partial charge in [0, 0.05) is 9.52 Å². The Bertz CT molecular complexity index is 1410. The van der Waals surface area contributed by atoms with E-state index in [4.69, 9.17) is 17.0 Å². The summed E-state index contributed by atoms with van der Waals surface area (Å²) in [5.74, 6) is 0. The third-order valence-electron chi connectivity index (χ3n) is 6.73. The molecular weight excluding hydrogens is 599 g/mol. The van der Waals surface area contributed by atoms with Gasteiger partial charge in [0.1, 0.15) is 0 Å². The van der Waals surface area contributed by atoms with Crippen LogP contribution in [0.5, 0.6) is 0 Å². The predicted octanol–water partition coefficient (Wildman–Crippen LogP) is 10.6. The average molecular weight is 633 g/mol. The summed E-state index contributed by atoms with van der Waals surface area (Å²) in [5, 5.41) is 2.74. The zero-order valence-electron chi connectivity index (χ0n) is 22.8. The van der Waals surface area contributed by atoms with E-state index < -0.39 is 20.8 Å². The molecule has 0 amide bonds. The van der Waals surface area contributed by atoms with Crippen molar-refractivity contribution in [2.75, 3.05) is 0 Å². The van der Waals surface area contributed by atoms with E-state index >= 15 is 0 Å². The summed E-state index contributed by atoms with van der Waals surface area (Å²) in [6.07, 6.45) is 2.15. The van der Waals surface area contributed by atoms with Gasteiger partial charge in [-0.3, -0.25) is 0 Å². The van der Waals surface area contributed by atoms with E-state index in [0.717, 1.165) is 22.4 Å². The van der Waals surface area contributed by atoms with Gasteiger partial charge in [0.05, 0.1) is 0 Å². The van der Waals surface area contributed by atoms with Crippen molar-refractivity contribution in [1.29, 1.82) is 0 Å². The van der Waals surface area contributed by atoms with Gasteiger partial charge >= 0.3 is 37.9 Å². The van der Waals surface area contributed by atoms with Crippen LogP contribution in [-0.4, -0.2) is 9.52 Å². The molecule has 0 fully saturated rings. The van der Waals surface area contributed by atoms with Crippen molar-refractivity contribution in [3.8, 4) is 22.3 Å². The Morgan fingerprint density at radius 3 is 2.21 bits per heavy atom. The molecule has 2 radical (unpaired) electrons. The molecule has 0 saturated carbocycles. The van der Waals surface area contributed by atoms with Crippen molar-refractivity contribution in [3.05, 3.63) is 125 Å². The first-order valence-corrected chi connectivity index (χ1v) is 21.2. The van der Waals surface area contributed by atoms with E-state index in [0.29, 0.717) is 0 Å². The average Bonchev–Trinajstić information content (AvgIpc) is 3.53. The largest absolute Gasteiger partial charge is 0.179 e. The van der Waals surface area contributed by atoms with Gasteiger partial charge in [0.15, 0.2) is 0 Å². The van der Waals surface area contributed by atoms with Gasteiger partial charge in [-0.15, -0.1) is 40.1 Å². The van der Waals surface area contributed by atoms with Crippen LogP contribution in [0.1, 0.15) is 34.7 Å². The van der Waals surface area contributed by atoms with Gasteiger partial charge in [0.2, 0.25) is 0 Å². The topological polar surface area (TPSA) is 0 Å². The summed E-state index contributed by atoms with van der Waals surface area (Å²) in [6, 6.07) is 35.9. The van der Waals surface area contributed by atoms with Crippen LogP contribution in [-0.2, 0) is 33.7 Å².